The molecule has 2 aromatic carbocycles. The number of anilines is 4. The number of nitrogens with zero attached hydrogens (tertiary/aromatic N) is 3. The lowest BCUT2D eigenvalue weighted by molar-refractivity contribution is 0.868. The summed E-state index contributed by atoms with van der Waals surface area (Å²) in [6.07, 6.45) is 1.61. The number of rotatable bonds is 5. The van der Waals surface area contributed by atoms with Crippen LogP contribution in [0, 0.1) is 6.92 Å². The lowest BCUT2D eigenvalue weighted by Gasteiger charge is -2.14. The third kappa shape index (κ3) is 4.25. The molecule has 1 aromatic heterocycles. The van der Waals surface area contributed by atoms with Crippen LogP contribution in [0.15, 0.2) is 48.7 Å². The summed E-state index contributed by atoms with van der Waals surface area (Å²) in [6.45, 7) is 6.30. The number of aromatic nitrogens is 3. The van der Waals surface area contributed by atoms with Crippen LogP contribution in [0.1, 0.15) is 30.9 Å². The highest BCUT2D eigenvalue weighted by atomic mass is 35.5. The van der Waals surface area contributed by atoms with Gasteiger partial charge in [-0.15, -0.1) is 5.10 Å². The minimum absolute atomic E-state index is 0.410. The molecule has 0 fully saturated rings. The number of hydrogen-bond donors (Lipinski definition) is 2. The molecule has 2 N–H and O–H groups in total. The van der Waals surface area contributed by atoms with Crippen LogP contribution in [-0.4, -0.2) is 15.2 Å². The summed E-state index contributed by atoms with van der Waals surface area (Å²) >= 11 is 5.99. The van der Waals surface area contributed by atoms with Crippen molar-refractivity contribution >= 4 is 34.7 Å². The molecule has 128 valence electrons. The highest BCUT2D eigenvalue weighted by molar-refractivity contribution is 6.30. The van der Waals surface area contributed by atoms with Crippen LogP contribution in [0.4, 0.5) is 23.1 Å². The fourth-order valence-electron chi connectivity index (χ4n) is 2.56. The molecule has 5 nitrogen and oxygen atoms in total. The van der Waals surface area contributed by atoms with Crippen molar-refractivity contribution in [3.63, 3.8) is 0 Å². The Labute approximate surface area is 152 Å². The topological polar surface area (TPSA) is 62.7 Å². The Morgan fingerprint density at radius 2 is 1.80 bits per heavy atom. The Morgan fingerprint density at radius 3 is 2.56 bits per heavy atom. The van der Waals surface area contributed by atoms with Gasteiger partial charge in [0.1, 0.15) is 0 Å². The van der Waals surface area contributed by atoms with Gasteiger partial charge >= 0.3 is 0 Å². The Hall–Kier alpha value is -2.66. The van der Waals surface area contributed by atoms with Crippen LogP contribution in [0.5, 0.6) is 0 Å². The van der Waals surface area contributed by atoms with Crippen LogP contribution in [0.3, 0.4) is 0 Å². The number of benzene rings is 2. The SMILES string of the molecule is Cc1cc(Cl)ccc1Nc1nncc(Nc2ccccc2C(C)C)n1. The molecule has 0 spiro atoms. The molecular formula is C19H20ClN5. The molecule has 0 atom stereocenters. The largest absolute Gasteiger partial charge is 0.339 e. The van der Waals surface area contributed by atoms with Gasteiger partial charge in [0.05, 0.1) is 6.20 Å². The van der Waals surface area contributed by atoms with Crippen molar-refractivity contribution in [3.05, 3.63) is 64.8 Å². The fraction of sp³-hybridized carbons (Fsp3) is 0.211. The van der Waals surface area contributed by atoms with E-state index in [1.807, 2.05) is 43.3 Å². The maximum atomic E-state index is 5.99. The molecule has 6 heteroatoms. The zero-order valence-electron chi connectivity index (χ0n) is 14.4. The lowest BCUT2D eigenvalue weighted by atomic mass is 10.0. The summed E-state index contributed by atoms with van der Waals surface area (Å²) in [5.41, 5.74) is 4.15. The molecule has 0 amide bonds. The van der Waals surface area contributed by atoms with Crippen molar-refractivity contribution in [2.45, 2.75) is 26.7 Å². The van der Waals surface area contributed by atoms with Crippen LogP contribution >= 0.6 is 11.6 Å². The number of nitrogens with one attached hydrogen (secondary N) is 2. The van der Waals surface area contributed by atoms with Gasteiger partial charge in [0.2, 0.25) is 5.95 Å². The molecule has 0 radical (unpaired) electrons. The lowest BCUT2D eigenvalue weighted by Crippen LogP contribution is -2.04. The van der Waals surface area contributed by atoms with Gasteiger partial charge in [-0.2, -0.15) is 10.1 Å². The van der Waals surface area contributed by atoms with E-state index in [4.69, 9.17) is 11.6 Å². The van der Waals surface area contributed by atoms with Crippen molar-refractivity contribution in [2.75, 3.05) is 10.6 Å². The first kappa shape index (κ1) is 17.2. The van der Waals surface area contributed by atoms with E-state index < -0.39 is 0 Å². The number of halogens is 1. The van der Waals surface area contributed by atoms with E-state index in [-0.39, 0.29) is 0 Å². The van der Waals surface area contributed by atoms with E-state index in [1.165, 1.54) is 5.56 Å². The first-order chi connectivity index (χ1) is 12.0. The minimum atomic E-state index is 0.410. The van der Waals surface area contributed by atoms with Gasteiger partial charge in [0.25, 0.3) is 0 Å². The number of hydrogen-bond acceptors (Lipinski definition) is 5. The number of aryl methyl sites for hydroxylation is 1. The third-order valence-electron chi connectivity index (χ3n) is 3.84. The Bertz CT molecular complexity index is 879. The molecule has 1 heterocycles. The molecule has 0 unspecified atom stereocenters. The standard InChI is InChI=1S/C19H20ClN5/c1-12(2)15-6-4-5-7-17(15)22-18-11-21-25-19(24-18)23-16-9-8-14(20)10-13(16)3/h4-12H,1-3H3,(H2,22,23,24,25). The van der Waals surface area contributed by atoms with Crippen molar-refractivity contribution in [3.8, 4) is 0 Å². The predicted molar refractivity (Wildman–Crippen MR) is 103 cm³/mol. The molecule has 0 saturated carbocycles. The summed E-state index contributed by atoms with van der Waals surface area (Å²) in [5, 5.41) is 15.3. The third-order valence-corrected chi connectivity index (χ3v) is 4.07. The quantitative estimate of drug-likeness (QED) is 0.639. The van der Waals surface area contributed by atoms with Crippen LogP contribution in [0.2, 0.25) is 5.02 Å². The molecule has 0 bridgehead atoms. The normalized spacial score (nSPS) is 10.8. The average molecular weight is 354 g/mol. The summed E-state index contributed by atoms with van der Waals surface area (Å²) in [4.78, 5) is 4.50. The van der Waals surface area contributed by atoms with Gasteiger partial charge in [-0.25, -0.2) is 0 Å². The fourth-order valence-corrected chi connectivity index (χ4v) is 2.78. The second-order valence-corrected chi connectivity index (χ2v) is 6.55. The van der Waals surface area contributed by atoms with Gasteiger partial charge in [0, 0.05) is 16.4 Å². The Kier molecular flexibility index (Phi) is 5.14. The smallest absolute Gasteiger partial charge is 0.249 e. The first-order valence-corrected chi connectivity index (χ1v) is 8.49. The molecule has 0 aliphatic rings. The van der Waals surface area contributed by atoms with E-state index in [0.717, 1.165) is 16.9 Å². The van der Waals surface area contributed by atoms with Gasteiger partial charge in [0.15, 0.2) is 5.82 Å². The molecule has 25 heavy (non-hydrogen) atoms. The summed E-state index contributed by atoms with van der Waals surface area (Å²) in [6, 6.07) is 13.8. The van der Waals surface area contributed by atoms with Gasteiger partial charge in [-0.1, -0.05) is 43.6 Å². The van der Waals surface area contributed by atoms with Crippen molar-refractivity contribution in [1.29, 1.82) is 0 Å². The molecule has 3 aromatic rings. The Morgan fingerprint density at radius 1 is 1.00 bits per heavy atom. The van der Waals surface area contributed by atoms with Crippen molar-refractivity contribution < 1.29 is 0 Å². The molecule has 0 aliphatic carbocycles. The van der Waals surface area contributed by atoms with Gasteiger partial charge < -0.3 is 10.6 Å². The molecular weight excluding hydrogens is 334 g/mol. The molecule has 0 aliphatic heterocycles. The van der Waals surface area contributed by atoms with E-state index in [1.54, 1.807) is 6.20 Å². The second kappa shape index (κ2) is 7.49. The predicted octanol–water partition coefficient (Wildman–Crippen LogP) is 5.44. The van der Waals surface area contributed by atoms with Gasteiger partial charge in [-0.05, 0) is 48.2 Å². The number of para-hydroxylation sites is 1. The monoisotopic (exact) mass is 353 g/mol. The van der Waals surface area contributed by atoms with E-state index in [9.17, 15) is 0 Å². The molecule has 3 rings (SSSR count). The highest BCUT2D eigenvalue weighted by Crippen LogP contribution is 2.27. The van der Waals surface area contributed by atoms with Crippen LogP contribution < -0.4 is 10.6 Å². The van der Waals surface area contributed by atoms with Crippen molar-refractivity contribution in [1.82, 2.24) is 15.2 Å². The maximum absolute atomic E-state index is 5.99. The van der Waals surface area contributed by atoms with E-state index in [2.05, 4.69) is 45.7 Å². The zero-order valence-corrected chi connectivity index (χ0v) is 15.2. The molecule has 0 saturated heterocycles. The van der Waals surface area contributed by atoms with Crippen LogP contribution in [0.25, 0.3) is 0 Å². The average Bonchev–Trinajstić information content (AvgIpc) is 2.58. The summed E-state index contributed by atoms with van der Waals surface area (Å²) in [7, 11) is 0. The highest BCUT2D eigenvalue weighted by Gasteiger charge is 2.08. The zero-order chi connectivity index (χ0) is 17.8. The van der Waals surface area contributed by atoms with Crippen molar-refractivity contribution in [2.24, 2.45) is 0 Å². The first-order valence-electron chi connectivity index (χ1n) is 8.12. The second-order valence-electron chi connectivity index (χ2n) is 6.12. The van der Waals surface area contributed by atoms with E-state index in [0.29, 0.717) is 22.7 Å². The van der Waals surface area contributed by atoms with E-state index >= 15 is 0 Å². The van der Waals surface area contributed by atoms with Gasteiger partial charge in [-0.3, -0.25) is 0 Å². The summed E-state index contributed by atoms with van der Waals surface area (Å²) < 4.78 is 0. The van der Waals surface area contributed by atoms with Crippen LogP contribution in [-0.2, 0) is 0 Å². The minimum Gasteiger partial charge on any atom is -0.339 e. The maximum Gasteiger partial charge on any atom is 0.249 e. The summed E-state index contributed by atoms with van der Waals surface area (Å²) in [5.74, 6) is 1.47. The Balaban J connectivity index is 1.82.